The van der Waals surface area contributed by atoms with Crippen LogP contribution in [0.15, 0.2) is 60.2 Å². The summed E-state index contributed by atoms with van der Waals surface area (Å²) in [5.74, 6) is -0.227. The molecule has 0 radical (unpaired) electrons. The Morgan fingerprint density at radius 2 is 2.12 bits per heavy atom. The normalized spacial score (nSPS) is 10.9. The van der Waals surface area contributed by atoms with Gasteiger partial charge < -0.3 is 9.88 Å². The third-order valence-electron chi connectivity index (χ3n) is 4.00. The maximum Gasteiger partial charge on any atom is 0.275 e. The average molecular weight is 348 g/mol. The Kier molecular flexibility index (Phi) is 4.03. The molecule has 0 aliphatic rings. The minimum absolute atomic E-state index is 0.227. The molecule has 4 rings (SSSR count). The van der Waals surface area contributed by atoms with E-state index in [1.54, 1.807) is 29.9 Å². The van der Waals surface area contributed by atoms with Crippen molar-refractivity contribution in [3.63, 3.8) is 0 Å². The number of rotatable bonds is 4. The summed E-state index contributed by atoms with van der Waals surface area (Å²) in [5.41, 5.74) is 3.28. The molecule has 1 amide bonds. The van der Waals surface area contributed by atoms with Crippen molar-refractivity contribution in [2.24, 2.45) is 0 Å². The molecule has 3 aromatic heterocycles. The van der Waals surface area contributed by atoms with Gasteiger partial charge in [0.05, 0.1) is 17.6 Å². The highest BCUT2D eigenvalue weighted by Crippen LogP contribution is 2.30. The van der Waals surface area contributed by atoms with Crippen molar-refractivity contribution >= 4 is 33.8 Å². The van der Waals surface area contributed by atoms with Gasteiger partial charge in [-0.1, -0.05) is 18.2 Å². The molecule has 124 valence electrons. The van der Waals surface area contributed by atoms with Crippen LogP contribution in [0.5, 0.6) is 0 Å². The van der Waals surface area contributed by atoms with Crippen LogP contribution in [-0.4, -0.2) is 20.4 Å². The van der Waals surface area contributed by atoms with Crippen LogP contribution in [0, 0.1) is 0 Å². The monoisotopic (exact) mass is 348 g/mol. The second-order valence-electron chi connectivity index (χ2n) is 5.57. The zero-order chi connectivity index (χ0) is 17.2. The predicted octanol–water partition coefficient (Wildman–Crippen LogP) is 4.43. The second kappa shape index (κ2) is 6.49. The van der Waals surface area contributed by atoms with Crippen LogP contribution in [0.25, 0.3) is 21.6 Å². The van der Waals surface area contributed by atoms with Gasteiger partial charge in [0.15, 0.2) is 0 Å². The summed E-state index contributed by atoms with van der Waals surface area (Å²) < 4.78 is 2.22. The zero-order valence-corrected chi connectivity index (χ0v) is 14.5. The van der Waals surface area contributed by atoms with Gasteiger partial charge >= 0.3 is 0 Å². The van der Waals surface area contributed by atoms with E-state index in [2.05, 4.69) is 45.0 Å². The number of hydrogen-bond acceptors (Lipinski definition) is 4. The van der Waals surface area contributed by atoms with Gasteiger partial charge in [0.25, 0.3) is 5.91 Å². The topological polar surface area (TPSA) is 59.8 Å². The Morgan fingerprint density at radius 1 is 1.24 bits per heavy atom. The van der Waals surface area contributed by atoms with Crippen molar-refractivity contribution in [3.8, 4) is 10.7 Å². The summed E-state index contributed by atoms with van der Waals surface area (Å²) in [6.45, 7) is 2.96. The molecular formula is C19H16N4OS. The molecule has 0 saturated heterocycles. The van der Waals surface area contributed by atoms with Crippen molar-refractivity contribution in [3.05, 3.63) is 65.9 Å². The highest BCUT2D eigenvalue weighted by Gasteiger charge is 2.16. The Bertz CT molecular complexity index is 1040. The predicted molar refractivity (Wildman–Crippen MR) is 101 cm³/mol. The smallest absolute Gasteiger partial charge is 0.275 e. The van der Waals surface area contributed by atoms with E-state index in [4.69, 9.17) is 0 Å². The van der Waals surface area contributed by atoms with E-state index in [1.165, 1.54) is 22.2 Å². The van der Waals surface area contributed by atoms with E-state index in [9.17, 15) is 4.79 Å². The zero-order valence-electron chi connectivity index (χ0n) is 13.6. The molecule has 0 unspecified atom stereocenters. The van der Waals surface area contributed by atoms with Crippen LogP contribution < -0.4 is 5.32 Å². The number of aromatic nitrogens is 3. The molecule has 0 aliphatic carbocycles. The lowest BCUT2D eigenvalue weighted by Crippen LogP contribution is -2.12. The number of thiazole rings is 1. The van der Waals surface area contributed by atoms with Crippen molar-refractivity contribution in [1.82, 2.24) is 14.5 Å². The van der Waals surface area contributed by atoms with Gasteiger partial charge in [0.1, 0.15) is 10.7 Å². The fourth-order valence-electron chi connectivity index (χ4n) is 2.86. The van der Waals surface area contributed by atoms with Gasteiger partial charge in [-0.15, -0.1) is 11.3 Å². The summed E-state index contributed by atoms with van der Waals surface area (Å²) in [7, 11) is 0. The van der Waals surface area contributed by atoms with E-state index in [0.717, 1.165) is 17.2 Å². The van der Waals surface area contributed by atoms with Crippen LogP contribution in [0.2, 0.25) is 0 Å². The van der Waals surface area contributed by atoms with E-state index in [0.29, 0.717) is 11.4 Å². The highest BCUT2D eigenvalue weighted by atomic mass is 32.1. The number of carbonyl (C=O) groups excluding carboxylic acids is 1. The Hall–Kier alpha value is -2.99. The molecule has 6 heteroatoms. The van der Waals surface area contributed by atoms with Crippen LogP contribution in [-0.2, 0) is 6.54 Å². The third kappa shape index (κ3) is 2.92. The number of amides is 1. The molecule has 1 N–H and O–H groups in total. The van der Waals surface area contributed by atoms with Crippen molar-refractivity contribution < 1.29 is 4.79 Å². The highest BCUT2D eigenvalue weighted by molar-refractivity contribution is 7.13. The average Bonchev–Trinajstić information content (AvgIpc) is 3.27. The lowest BCUT2D eigenvalue weighted by Gasteiger charge is -2.05. The van der Waals surface area contributed by atoms with Crippen molar-refractivity contribution in [2.75, 3.05) is 5.32 Å². The first kappa shape index (κ1) is 15.5. The second-order valence-corrected chi connectivity index (χ2v) is 6.42. The van der Waals surface area contributed by atoms with Crippen molar-refractivity contribution in [1.29, 1.82) is 0 Å². The number of pyridine rings is 1. The van der Waals surface area contributed by atoms with Gasteiger partial charge in [-0.05, 0) is 31.2 Å². The molecule has 25 heavy (non-hydrogen) atoms. The molecule has 0 saturated carbocycles. The van der Waals surface area contributed by atoms with Gasteiger partial charge in [0.2, 0.25) is 0 Å². The number of fused-ring (bicyclic) bond motifs is 1. The number of benzene rings is 1. The Labute approximate surface area is 149 Å². The maximum absolute atomic E-state index is 12.4. The molecule has 0 spiro atoms. The molecule has 3 heterocycles. The fourth-order valence-corrected chi connectivity index (χ4v) is 3.68. The van der Waals surface area contributed by atoms with E-state index in [-0.39, 0.29) is 5.91 Å². The summed E-state index contributed by atoms with van der Waals surface area (Å²) in [5, 5.41) is 6.62. The Morgan fingerprint density at radius 3 is 2.92 bits per heavy atom. The van der Waals surface area contributed by atoms with Crippen LogP contribution in [0.1, 0.15) is 17.4 Å². The van der Waals surface area contributed by atoms with Crippen LogP contribution in [0.4, 0.5) is 5.69 Å². The van der Waals surface area contributed by atoms with Crippen molar-refractivity contribution in [2.45, 2.75) is 13.5 Å². The molecule has 5 nitrogen and oxygen atoms in total. The number of carbonyl (C=O) groups is 1. The fraction of sp³-hybridized carbons (Fsp3) is 0.105. The van der Waals surface area contributed by atoms with Gasteiger partial charge in [0, 0.05) is 29.0 Å². The third-order valence-corrected chi connectivity index (χ3v) is 4.87. The van der Waals surface area contributed by atoms with E-state index >= 15 is 0 Å². The number of hydrogen-bond donors (Lipinski definition) is 1. The number of anilines is 1. The first-order valence-corrected chi connectivity index (χ1v) is 8.90. The number of para-hydroxylation sites is 1. The van der Waals surface area contributed by atoms with Crippen LogP contribution >= 0.6 is 11.3 Å². The van der Waals surface area contributed by atoms with Crippen LogP contribution in [0.3, 0.4) is 0 Å². The van der Waals surface area contributed by atoms with E-state index in [1.807, 2.05) is 12.1 Å². The molecular weight excluding hydrogens is 332 g/mol. The number of aryl methyl sites for hydroxylation is 1. The minimum atomic E-state index is -0.227. The maximum atomic E-state index is 12.4. The number of nitrogens with one attached hydrogen (secondary N) is 1. The van der Waals surface area contributed by atoms with Gasteiger partial charge in [-0.3, -0.25) is 9.78 Å². The molecule has 4 aromatic rings. The summed E-state index contributed by atoms with van der Waals surface area (Å²) in [6, 6.07) is 14.0. The lowest BCUT2D eigenvalue weighted by molar-refractivity contribution is 0.102. The summed E-state index contributed by atoms with van der Waals surface area (Å²) >= 11 is 1.48. The van der Waals surface area contributed by atoms with E-state index < -0.39 is 0 Å². The molecule has 0 bridgehead atoms. The standard InChI is InChI=1S/C19H16N4OS/c1-2-23-16-8-4-3-6-13(16)10-17(23)19-22-15(12-25-19)18(24)21-14-7-5-9-20-11-14/h3-12H,2H2,1H3,(H,21,24). The first-order chi connectivity index (χ1) is 12.3. The van der Waals surface area contributed by atoms with Gasteiger partial charge in [-0.25, -0.2) is 4.98 Å². The first-order valence-electron chi connectivity index (χ1n) is 8.02. The molecule has 0 aliphatic heterocycles. The minimum Gasteiger partial charge on any atom is -0.339 e. The SMILES string of the molecule is CCn1c(-c2nc(C(=O)Nc3cccnc3)cs2)cc2ccccc21. The quantitative estimate of drug-likeness (QED) is 0.593. The molecule has 1 aromatic carbocycles. The largest absolute Gasteiger partial charge is 0.339 e. The lowest BCUT2D eigenvalue weighted by atomic mass is 10.2. The molecule has 0 fully saturated rings. The van der Waals surface area contributed by atoms with Gasteiger partial charge in [-0.2, -0.15) is 0 Å². The summed E-state index contributed by atoms with van der Waals surface area (Å²) in [6.07, 6.45) is 3.28. The Balaban J connectivity index is 1.66. The molecule has 0 atom stereocenters. The number of nitrogens with zero attached hydrogens (tertiary/aromatic N) is 3. The summed E-state index contributed by atoms with van der Waals surface area (Å²) in [4.78, 5) is 20.9.